The van der Waals surface area contributed by atoms with Crippen molar-refractivity contribution in [3.63, 3.8) is 0 Å². The molecule has 0 amide bonds. The second kappa shape index (κ2) is 5.60. The predicted octanol–water partition coefficient (Wildman–Crippen LogP) is 2.88. The van der Waals surface area contributed by atoms with Crippen LogP contribution in [0.4, 0.5) is 13.2 Å². The summed E-state index contributed by atoms with van der Waals surface area (Å²) in [5, 5.41) is 3.76. The Morgan fingerprint density at radius 3 is 2.50 bits per heavy atom. The predicted molar refractivity (Wildman–Crippen MR) is 70.2 cm³/mol. The van der Waals surface area contributed by atoms with E-state index >= 15 is 0 Å². The van der Waals surface area contributed by atoms with Gasteiger partial charge in [-0.05, 0) is 24.6 Å². The third kappa shape index (κ3) is 3.56. The van der Waals surface area contributed by atoms with Crippen LogP contribution in [-0.4, -0.2) is 34.5 Å². The zero-order chi connectivity index (χ0) is 15.7. The molecule has 0 unspecified atom stereocenters. The van der Waals surface area contributed by atoms with Crippen LogP contribution in [0.25, 0.3) is 0 Å². The van der Waals surface area contributed by atoms with E-state index in [1.54, 1.807) is 19.1 Å². The van der Waals surface area contributed by atoms with E-state index in [2.05, 4.69) is 19.8 Å². The molecule has 118 valence electrons. The van der Waals surface area contributed by atoms with Gasteiger partial charge in [0.15, 0.2) is 5.82 Å². The lowest BCUT2D eigenvalue weighted by Gasteiger charge is -2.37. The Bertz CT molecular complexity index is 634. The van der Waals surface area contributed by atoms with E-state index in [0.29, 0.717) is 18.3 Å². The summed E-state index contributed by atoms with van der Waals surface area (Å²) in [5.41, 5.74) is 0.926. The maximum absolute atomic E-state index is 12.1. The number of ether oxygens (including phenoxy) is 1. The van der Waals surface area contributed by atoms with Gasteiger partial charge in [-0.25, -0.2) is 0 Å². The number of alkyl halides is 3. The average Bonchev–Trinajstić information content (AvgIpc) is 2.79. The van der Waals surface area contributed by atoms with Crippen molar-refractivity contribution in [1.29, 1.82) is 0 Å². The first-order valence-electron chi connectivity index (χ1n) is 6.76. The molecule has 1 fully saturated rings. The van der Waals surface area contributed by atoms with Crippen molar-refractivity contribution in [1.82, 2.24) is 15.0 Å². The summed E-state index contributed by atoms with van der Waals surface area (Å²) >= 11 is 0. The van der Waals surface area contributed by atoms with Crippen molar-refractivity contribution >= 4 is 0 Å². The van der Waals surface area contributed by atoms with E-state index < -0.39 is 6.36 Å². The fraction of sp³-hybridized carbons (Fsp3) is 0.429. The topological polar surface area (TPSA) is 51.4 Å². The second-order valence-corrected chi connectivity index (χ2v) is 5.26. The molecular formula is C14H14F3N3O2. The minimum Gasteiger partial charge on any atom is -0.406 e. The minimum atomic E-state index is -4.66. The van der Waals surface area contributed by atoms with Gasteiger partial charge in [-0.15, -0.1) is 13.2 Å². The van der Waals surface area contributed by atoms with Gasteiger partial charge < -0.3 is 9.26 Å². The molecule has 1 aromatic carbocycles. The van der Waals surface area contributed by atoms with E-state index in [4.69, 9.17) is 4.52 Å². The Balaban J connectivity index is 1.50. The van der Waals surface area contributed by atoms with Crippen LogP contribution in [0.1, 0.15) is 23.2 Å². The van der Waals surface area contributed by atoms with Crippen LogP contribution in [-0.2, 0) is 6.54 Å². The van der Waals surface area contributed by atoms with Gasteiger partial charge in [0, 0.05) is 19.6 Å². The van der Waals surface area contributed by atoms with E-state index in [1.807, 2.05) is 0 Å². The van der Waals surface area contributed by atoms with E-state index in [1.165, 1.54) is 12.1 Å². The molecular weight excluding hydrogens is 299 g/mol. The van der Waals surface area contributed by atoms with Crippen molar-refractivity contribution in [3.8, 4) is 5.75 Å². The van der Waals surface area contributed by atoms with Crippen LogP contribution < -0.4 is 4.74 Å². The van der Waals surface area contributed by atoms with Crippen molar-refractivity contribution in [2.24, 2.45) is 0 Å². The molecule has 0 atom stereocenters. The van der Waals surface area contributed by atoms with Gasteiger partial charge in [-0.3, -0.25) is 4.90 Å². The molecule has 0 bridgehead atoms. The molecule has 8 heteroatoms. The molecule has 0 N–H and O–H groups in total. The highest BCUT2D eigenvalue weighted by molar-refractivity contribution is 5.27. The highest BCUT2D eigenvalue weighted by atomic mass is 19.4. The normalized spacial score (nSPS) is 16.5. The molecule has 2 heterocycles. The van der Waals surface area contributed by atoms with Crippen molar-refractivity contribution in [3.05, 3.63) is 41.5 Å². The number of aryl methyl sites for hydroxylation is 1. The Morgan fingerprint density at radius 2 is 1.95 bits per heavy atom. The summed E-state index contributed by atoms with van der Waals surface area (Å²) in [5.74, 6) is 1.28. The molecule has 0 aliphatic carbocycles. The molecule has 0 saturated carbocycles. The van der Waals surface area contributed by atoms with Crippen LogP contribution >= 0.6 is 0 Å². The van der Waals surface area contributed by atoms with E-state index in [0.717, 1.165) is 18.7 Å². The number of aromatic nitrogens is 2. The molecule has 0 radical (unpaired) electrons. The zero-order valence-corrected chi connectivity index (χ0v) is 11.8. The first-order chi connectivity index (χ1) is 10.4. The molecule has 1 aliphatic rings. The highest BCUT2D eigenvalue weighted by Crippen LogP contribution is 2.28. The number of hydrogen-bond acceptors (Lipinski definition) is 5. The number of nitrogens with zero attached hydrogens (tertiary/aromatic N) is 3. The third-order valence-electron chi connectivity index (χ3n) is 3.41. The zero-order valence-electron chi connectivity index (χ0n) is 11.8. The number of hydrogen-bond donors (Lipinski definition) is 0. The molecule has 22 heavy (non-hydrogen) atoms. The summed E-state index contributed by atoms with van der Waals surface area (Å²) in [6.07, 6.45) is -4.66. The van der Waals surface area contributed by atoms with Gasteiger partial charge in [0.25, 0.3) is 0 Å². The Hall–Kier alpha value is -2.09. The number of rotatable bonds is 4. The number of halogens is 3. The smallest absolute Gasteiger partial charge is 0.406 e. The SMILES string of the molecule is Cc1noc(C2CN(Cc3ccc(OC(F)(F)F)cc3)C2)n1. The lowest BCUT2D eigenvalue weighted by molar-refractivity contribution is -0.274. The first-order valence-corrected chi connectivity index (χ1v) is 6.76. The maximum atomic E-state index is 12.1. The lowest BCUT2D eigenvalue weighted by atomic mass is 9.99. The first kappa shape index (κ1) is 14.8. The monoisotopic (exact) mass is 313 g/mol. The molecule has 3 rings (SSSR count). The molecule has 1 saturated heterocycles. The fourth-order valence-corrected chi connectivity index (χ4v) is 2.39. The van der Waals surface area contributed by atoms with Crippen LogP contribution in [0.15, 0.2) is 28.8 Å². The molecule has 1 aromatic heterocycles. The summed E-state index contributed by atoms with van der Waals surface area (Å²) < 4.78 is 45.2. The van der Waals surface area contributed by atoms with Crippen LogP contribution in [0.2, 0.25) is 0 Å². The van der Waals surface area contributed by atoms with Gasteiger partial charge in [0.2, 0.25) is 5.89 Å². The number of benzene rings is 1. The Kier molecular flexibility index (Phi) is 3.78. The summed E-state index contributed by atoms with van der Waals surface area (Å²) in [6, 6.07) is 5.90. The standard InChI is InChI=1S/C14H14F3N3O2/c1-9-18-13(22-19-9)11-7-20(8-11)6-10-2-4-12(5-3-10)21-14(15,16)17/h2-5,11H,6-8H2,1H3. The van der Waals surface area contributed by atoms with Crippen LogP contribution in [0.3, 0.4) is 0 Å². The quantitative estimate of drug-likeness (QED) is 0.869. The van der Waals surface area contributed by atoms with Gasteiger partial charge in [0.1, 0.15) is 5.75 Å². The van der Waals surface area contributed by atoms with E-state index in [9.17, 15) is 13.2 Å². The minimum absolute atomic E-state index is 0.209. The summed E-state index contributed by atoms with van der Waals surface area (Å²) in [4.78, 5) is 6.35. The van der Waals surface area contributed by atoms with Gasteiger partial charge in [-0.2, -0.15) is 4.98 Å². The third-order valence-corrected chi connectivity index (χ3v) is 3.41. The molecule has 1 aliphatic heterocycles. The van der Waals surface area contributed by atoms with Gasteiger partial charge in [0.05, 0.1) is 5.92 Å². The Labute approximate surface area is 124 Å². The highest BCUT2D eigenvalue weighted by Gasteiger charge is 2.33. The molecule has 0 spiro atoms. The van der Waals surface area contributed by atoms with Crippen molar-refractivity contribution in [2.75, 3.05) is 13.1 Å². The largest absolute Gasteiger partial charge is 0.573 e. The van der Waals surface area contributed by atoms with Gasteiger partial charge >= 0.3 is 6.36 Å². The average molecular weight is 313 g/mol. The van der Waals surface area contributed by atoms with E-state index in [-0.39, 0.29) is 11.7 Å². The van der Waals surface area contributed by atoms with Crippen LogP contribution in [0.5, 0.6) is 5.75 Å². The molecule has 2 aromatic rings. The lowest BCUT2D eigenvalue weighted by Crippen LogP contribution is -2.44. The molecule has 5 nitrogen and oxygen atoms in total. The second-order valence-electron chi connectivity index (χ2n) is 5.26. The maximum Gasteiger partial charge on any atom is 0.573 e. The number of likely N-dealkylation sites (tertiary alicyclic amines) is 1. The fourth-order valence-electron chi connectivity index (χ4n) is 2.39. The van der Waals surface area contributed by atoms with Crippen molar-refractivity contribution in [2.45, 2.75) is 25.7 Å². The van der Waals surface area contributed by atoms with Crippen molar-refractivity contribution < 1.29 is 22.4 Å². The summed E-state index contributed by atoms with van der Waals surface area (Å²) in [6.45, 7) is 4.02. The Morgan fingerprint density at radius 1 is 1.27 bits per heavy atom. The van der Waals surface area contributed by atoms with Gasteiger partial charge in [-0.1, -0.05) is 17.3 Å². The van der Waals surface area contributed by atoms with Crippen LogP contribution in [0, 0.1) is 6.92 Å². The summed E-state index contributed by atoms with van der Waals surface area (Å²) in [7, 11) is 0.